The largest absolute Gasteiger partial charge is 0.369 e. The molecule has 2 N–H and O–H groups in total. The maximum Gasteiger partial charge on any atom is 0.224 e. The van der Waals surface area contributed by atoms with Crippen LogP contribution >= 0.6 is 0 Å². The van der Waals surface area contributed by atoms with Crippen LogP contribution in [0.3, 0.4) is 0 Å². The number of aromatic amines is 1. The number of hydrogen-bond donors (Lipinski definition) is 2. The van der Waals surface area contributed by atoms with Crippen molar-refractivity contribution >= 4 is 22.6 Å². The molecule has 144 valence electrons. The van der Waals surface area contributed by atoms with E-state index in [1.165, 1.54) is 6.07 Å². The number of benzene rings is 2. The van der Waals surface area contributed by atoms with Gasteiger partial charge < -0.3 is 15.2 Å². The lowest BCUT2D eigenvalue weighted by Crippen LogP contribution is -2.38. The maximum absolute atomic E-state index is 13.5. The minimum Gasteiger partial charge on any atom is -0.369 e. The molecule has 1 aliphatic carbocycles. The summed E-state index contributed by atoms with van der Waals surface area (Å²) in [5, 5.41) is 3.20. The van der Waals surface area contributed by atoms with Crippen LogP contribution < -0.4 is 10.2 Å². The standard InChI is InChI=1S/C22H23FN4O/c1-13-10-15(6-7-18(13)23)27-9-8-14(12-27)24-22(28)17-11-16(17)21-25-19-4-2-3-5-20(19)26-21/h2-7,10,14,16-17H,8-9,11-12H2,1H3,(H,24,28)(H,25,26)/t14-,16+,17+/m1/s1. The summed E-state index contributed by atoms with van der Waals surface area (Å²) < 4.78 is 13.5. The molecule has 28 heavy (non-hydrogen) atoms. The van der Waals surface area contributed by atoms with Gasteiger partial charge in [0.1, 0.15) is 11.6 Å². The predicted molar refractivity (Wildman–Crippen MR) is 107 cm³/mol. The lowest BCUT2D eigenvalue weighted by atomic mass is 10.2. The van der Waals surface area contributed by atoms with Gasteiger partial charge in [-0.05, 0) is 55.7 Å². The lowest BCUT2D eigenvalue weighted by molar-refractivity contribution is -0.123. The van der Waals surface area contributed by atoms with Gasteiger partial charge >= 0.3 is 0 Å². The Bertz CT molecular complexity index is 1010. The lowest BCUT2D eigenvalue weighted by Gasteiger charge is -2.19. The van der Waals surface area contributed by atoms with Crippen molar-refractivity contribution in [3.8, 4) is 0 Å². The molecule has 0 radical (unpaired) electrons. The molecule has 3 atom stereocenters. The smallest absolute Gasteiger partial charge is 0.224 e. The molecular formula is C22H23FN4O. The summed E-state index contributed by atoms with van der Waals surface area (Å²) in [5.74, 6) is 1.04. The number of nitrogens with zero attached hydrogens (tertiary/aromatic N) is 2. The Kier molecular flexibility index (Phi) is 4.07. The first kappa shape index (κ1) is 17.2. The van der Waals surface area contributed by atoms with Crippen LogP contribution in [0.5, 0.6) is 0 Å². The second-order valence-corrected chi connectivity index (χ2v) is 7.96. The van der Waals surface area contributed by atoms with Crippen molar-refractivity contribution in [1.82, 2.24) is 15.3 Å². The number of aryl methyl sites for hydroxylation is 1. The summed E-state index contributed by atoms with van der Waals surface area (Å²) in [5.41, 5.74) is 3.63. The van der Waals surface area contributed by atoms with E-state index in [0.717, 1.165) is 48.5 Å². The number of carbonyl (C=O) groups excluding carboxylic acids is 1. The normalized spacial score (nSPS) is 23.9. The fraction of sp³-hybridized carbons (Fsp3) is 0.364. The van der Waals surface area contributed by atoms with E-state index < -0.39 is 0 Å². The molecule has 1 saturated carbocycles. The first-order valence-corrected chi connectivity index (χ1v) is 9.84. The van der Waals surface area contributed by atoms with Crippen molar-refractivity contribution in [3.05, 3.63) is 59.7 Å². The molecule has 2 aliphatic rings. The van der Waals surface area contributed by atoms with E-state index >= 15 is 0 Å². The average molecular weight is 378 g/mol. The maximum atomic E-state index is 13.5. The van der Waals surface area contributed by atoms with Gasteiger partial charge in [-0.2, -0.15) is 0 Å². The average Bonchev–Trinajstić information content (AvgIpc) is 3.16. The third-order valence-electron chi connectivity index (χ3n) is 5.93. The van der Waals surface area contributed by atoms with E-state index in [2.05, 4.69) is 20.2 Å². The van der Waals surface area contributed by atoms with Crippen LogP contribution in [0.4, 0.5) is 10.1 Å². The monoisotopic (exact) mass is 378 g/mol. The second kappa shape index (κ2) is 6.62. The zero-order valence-corrected chi connectivity index (χ0v) is 15.8. The Hall–Kier alpha value is -2.89. The number of amides is 1. The van der Waals surface area contributed by atoms with Gasteiger partial charge in [0.15, 0.2) is 0 Å². The molecule has 0 spiro atoms. The molecule has 2 fully saturated rings. The molecular weight excluding hydrogens is 355 g/mol. The molecule has 5 nitrogen and oxygen atoms in total. The topological polar surface area (TPSA) is 61.0 Å². The molecule has 1 aliphatic heterocycles. The van der Waals surface area contributed by atoms with E-state index in [-0.39, 0.29) is 29.6 Å². The van der Waals surface area contributed by atoms with Gasteiger partial charge in [-0.1, -0.05) is 12.1 Å². The van der Waals surface area contributed by atoms with E-state index in [1.807, 2.05) is 36.4 Å². The van der Waals surface area contributed by atoms with Crippen LogP contribution in [0, 0.1) is 18.7 Å². The molecule has 3 aromatic rings. The van der Waals surface area contributed by atoms with Crippen LogP contribution in [0.2, 0.25) is 0 Å². The summed E-state index contributed by atoms with van der Waals surface area (Å²) in [6, 6.07) is 13.3. The molecule has 6 heteroatoms. The number of fused-ring (bicyclic) bond motifs is 1. The highest BCUT2D eigenvalue weighted by Gasteiger charge is 2.46. The van der Waals surface area contributed by atoms with Crippen molar-refractivity contribution in [3.63, 3.8) is 0 Å². The van der Waals surface area contributed by atoms with Crippen molar-refractivity contribution < 1.29 is 9.18 Å². The van der Waals surface area contributed by atoms with Gasteiger partial charge in [0.2, 0.25) is 5.91 Å². The van der Waals surface area contributed by atoms with Gasteiger partial charge in [0.05, 0.1) is 11.0 Å². The first-order chi connectivity index (χ1) is 13.6. The Morgan fingerprint density at radius 3 is 2.96 bits per heavy atom. The van der Waals surface area contributed by atoms with Crippen LogP contribution in [0.1, 0.15) is 30.1 Å². The number of aromatic nitrogens is 2. The zero-order valence-electron chi connectivity index (χ0n) is 15.8. The summed E-state index contributed by atoms with van der Waals surface area (Å²) >= 11 is 0. The third-order valence-corrected chi connectivity index (χ3v) is 5.93. The highest BCUT2D eigenvalue weighted by Crippen LogP contribution is 2.46. The zero-order chi connectivity index (χ0) is 19.3. The fourth-order valence-corrected chi connectivity index (χ4v) is 4.18. The van der Waals surface area contributed by atoms with E-state index in [4.69, 9.17) is 0 Å². The number of anilines is 1. The van der Waals surface area contributed by atoms with E-state index in [0.29, 0.717) is 5.56 Å². The molecule has 1 amide bonds. The number of hydrogen-bond acceptors (Lipinski definition) is 3. The third kappa shape index (κ3) is 3.13. The molecule has 0 unspecified atom stereocenters. The van der Waals surface area contributed by atoms with Gasteiger partial charge in [0.25, 0.3) is 0 Å². The minimum absolute atomic E-state index is 0.00248. The number of imidazole rings is 1. The molecule has 0 bridgehead atoms. The Morgan fingerprint density at radius 1 is 1.29 bits per heavy atom. The van der Waals surface area contributed by atoms with Crippen molar-refractivity contribution in [2.45, 2.75) is 31.7 Å². The number of nitrogens with one attached hydrogen (secondary N) is 2. The van der Waals surface area contributed by atoms with Crippen molar-refractivity contribution in [2.75, 3.05) is 18.0 Å². The summed E-state index contributed by atoms with van der Waals surface area (Å²) in [6.07, 6.45) is 1.75. The summed E-state index contributed by atoms with van der Waals surface area (Å²) in [6.45, 7) is 3.41. The summed E-state index contributed by atoms with van der Waals surface area (Å²) in [7, 11) is 0. The highest BCUT2D eigenvalue weighted by atomic mass is 19.1. The van der Waals surface area contributed by atoms with E-state index in [1.54, 1.807) is 6.92 Å². The van der Waals surface area contributed by atoms with Crippen LogP contribution in [-0.4, -0.2) is 35.0 Å². The highest BCUT2D eigenvalue weighted by molar-refractivity contribution is 5.83. The van der Waals surface area contributed by atoms with Crippen LogP contribution in [0.15, 0.2) is 42.5 Å². The number of para-hydroxylation sites is 2. The first-order valence-electron chi connectivity index (χ1n) is 9.84. The van der Waals surface area contributed by atoms with Gasteiger partial charge in [-0.15, -0.1) is 0 Å². The van der Waals surface area contributed by atoms with Gasteiger partial charge in [-0.25, -0.2) is 9.37 Å². The number of carbonyl (C=O) groups is 1. The van der Waals surface area contributed by atoms with E-state index in [9.17, 15) is 9.18 Å². The SMILES string of the molecule is Cc1cc(N2CC[C@@H](NC(=O)[C@H]3C[C@@H]3c3nc4ccccc4[nH]3)C2)ccc1F. The molecule has 1 aromatic heterocycles. The van der Waals surface area contributed by atoms with Gasteiger partial charge in [-0.3, -0.25) is 4.79 Å². The minimum atomic E-state index is -0.182. The van der Waals surface area contributed by atoms with Crippen molar-refractivity contribution in [2.24, 2.45) is 5.92 Å². The quantitative estimate of drug-likeness (QED) is 0.730. The van der Waals surface area contributed by atoms with Crippen molar-refractivity contribution in [1.29, 1.82) is 0 Å². The molecule has 2 aromatic carbocycles. The summed E-state index contributed by atoms with van der Waals surface area (Å²) in [4.78, 5) is 22.9. The Balaban J connectivity index is 1.19. The Morgan fingerprint density at radius 2 is 2.14 bits per heavy atom. The molecule has 5 rings (SSSR count). The second-order valence-electron chi connectivity index (χ2n) is 7.96. The van der Waals surface area contributed by atoms with Gasteiger partial charge in [0, 0.05) is 36.7 Å². The number of halogens is 1. The fourth-order valence-electron chi connectivity index (χ4n) is 4.18. The number of rotatable bonds is 4. The Labute approximate surface area is 163 Å². The van der Waals surface area contributed by atoms with Crippen LogP contribution in [-0.2, 0) is 4.79 Å². The van der Waals surface area contributed by atoms with Crippen LogP contribution in [0.25, 0.3) is 11.0 Å². The number of H-pyrrole nitrogens is 1. The molecule has 2 heterocycles. The predicted octanol–water partition coefficient (Wildman–Crippen LogP) is 3.51. The molecule has 1 saturated heterocycles.